The molecule has 24 heavy (non-hydrogen) atoms. The maximum Gasteiger partial charge on any atom is 0.118 e. The summed E-state index contributed by atoms with van der Waals surface area (Å²) < 4.78 is 17.0. The second-order valence-corrected chi connectivity index (χ2v) is 6.01. The molecule has 0 amide bonds. The summed E-state index contributed by atoms with van der Waals surface area (Å²) in [4.78, 5) is 0. The minimum absolute atomic E-state index is 0.0788. The molecule has 0 spiro atoms. The van der Waals surface area contributed by atoms with Crippen LogP contribution in [0.2, 0.25) is 0 Å². The number of benzene rings is 2. The van der Waals surface area contributed by atoms with Gasteiger partial charge in [0.1, 0.15) is 17.6 Å². The van der Waals surface area contributed by atoms with E-state index >= 15 is 0 Å². The van der Waals surface area contributed by atoms with Crippen molar-refractivity contribution in [3.63, 3.8) is 0 Å². The number of piperidine rings is 1. The first-order valence-electron chi connectivity index (χ1n) is 8.44. The van der Waals surface area contributed by atoms with Crippen LogP contribution in [0.1, 0.15) is 30.1 Å². The second kappa shape index (κ2) is 8.18. The zero-order chi connectivity index (χ0) is 16.8. The van der Waals surface area contributed by atoms with E-state index in [0.717, 1.165) is 48.6 Å². The predicted molar refractivity (Wildman–Crippen MR) is 94.8 cm³/mol. The number of ether oxygens (including phenoxy) is 3. The van der Waals surface area contributed by atoms with Crippen molar-refractivity contribution in [3.8, 4) is 11.5 Å². The van der Waals surface area contributed by atoms with E-state index in [2.05, 4.69) is 29.6 Å². The van der Waals surface area contributed by atoms with Gasteiger partial charge in [0.15, 0.2) is 0 Å². The van der Waals surface area contributed by atoms with Gasteiger partial charge < -0.3 is 19.5 Å². The molecule has 1 aliphatic heterocycles. The van der Waals surface area contributed by atoms with Crippen molar-refractivity contribution < 1.29 is 14.2 Å². The average Bonchev–Trinajstić information content (AvgIpc) is 2.67. The van der Waals surface area contributed by atoms with Crippen molar-refractivity contribution in [2.45, 2.75) is 25.0 Å². The van der Waals surface area contributed by atoms with Crippen molar-refractivity contribution in [2.24, 2.45) is 0 Å². The van der Waals surface area contributed by atoms with Gasteiger partial charge in [-0.15, -0.1) is 0 Å². The molecular weight excluding hydrogens is 302 g/mol. The normalized spacial score (nSPS) is 15.5. The summed E-state index contributed by atoms with van der Waals surface area (Å²) in [6.45, 7) is 2.03. The molecule has 0 atom stereocenters. The molecule has 4 heteroatoms. The van der Waals surface area contributed by atoms with E-state index in [1.165, 1.54) is 0 Å². The number of nitrogens with one attached hydrogen (secondary N) is 1. The Hall–Kier alpha value is -2.04. The molecule has 1 N–H and O–H groups in total. The molecule has 0 radical (unpaired) electrons. The van der Waals surface area contributed by atoms with Gasteiger partial charge in [0.25, 0.3) is 0 Å². The average molecular weight is 327 g/mol. The molecule has 0 aliphatic carbocycles. The Balaban J connectivity index is 1.85. The quantitative estimate of drug-likeness (QED) is 0.880. The molecule has 1 fully saturated rings. The third-order valence-electron chi connectivity index (χ3n) is 4.45. The van der Waals surface area contributed by atoms with Crippen LogP contribution in [0.3, 0.4) is 0 Å². The van der Waals surface area contributed by atoms with Gasteiger partial charge in [-0.3, -0.25) is 0 Å². The summed E-state index contributed by atoms with van der Waals surface area (Å²) >= 11 is 0. The van der Waals surface area contributed by atoms with Crippen LogP contribution in [0.5, 0.6) is 11.5 Å². The molecule has 0 unspecified atom stereocenters. The standard InChI is InChI=1S/C20H25NO3/c1-22-17-7-3-15(4-8-17)20(24-19-11-13-21-14-12-19)16-5-9-18(23-2)10-6-16/h3-10,19-21H,11-14H2,1-2H3. The van der Waals surface area contributed by atoms with Crippen LogP contribution in [0.4, 0.5) is 0 Å². The highest BCUT2D eigenvalue weighted by Gasteiger charge is 2.22. The molecule has 3 rings (SSSR count). The topological polar surface area (TPSA) is 39.7 Å². The fourth-order valence-electron chi connectivity index (χ4n) is 3.03. The van der Waals surface area contributed by atoms with Gasteiger partial charge in [0.05, 0.1) is 20.3 Å². The summed E-state index contributed by atoms with van der Waals surface area (Å²) in [6, 6.07) is 16.2. The van der Waals surface area contributed by atoms with Gasteiger partial charge in [-0.2, -0.15) is 0 Å². The Morgan fingerprint density at radius 1 is 0.792 bits per heavy atom. The highest BCUT2D eigenvalue weighted by atomic mass is 16.5. The van der Waals surface area contributed by atoms with Crippen molar-refractivity contribution in [3.05, 3.63) is 59.7 Å². The molecular formula is C20H25NO3. The molecule has 1 aliphatic rings. The van der Waals surface area contributed by atoms with Crippen LogP contribution in [0, 0.1) is 0 Å². The summed E-state index contributed by atoms with van der Waals surface area (Å²) in [5.74, 6) is 1.71. The first-order valence-corrected chi connectivity index (χ1v) is 8.44. The zero-order valence-electron chi connectivity index (χ0n) is 14.3. The molecule has 4 nitrogen and oxygen atoms in total. The molecule has 0 saturated carbocycles. The van der Waals surface area contributed by atoms with E-state index in [9.17, 15) is 0 Å². The van der Waals surface area contributed by atoms with E-state index in [0.29, 0.717) is 0 Å². The predicted octanol–water partition coefficient (Wildman–Crippen LogP) is 3.56. The molecule has 128 valence electrons. The summed E-state index contributed by atoms with van der Waals surface area (Å²) in [5, 5.41) is 3.38. The SMILES string of the molecule is COc1ccc(C(OC2CCNCC2)c2ccc(OC)cc2)cc1. The number of hydrogen-bond acceptors (Lipinski definition) is 4. The van der Waals surface area contributed by atoms with Crippen molar-refractivity contribution in [2.75, 3.05) is 27.3 Å². The Morgan fingerprint density at radius 2 is 1.25 bits per heavy atom. The lowest BCUT2D eigenvalue weighted by atomic mass is 10.00. The Morgan fingerprint density at radius 3 is 1.67 bits per heavy atom. The maximum absolute atomic E-state index is 6.49. The Bertz CT molecular complexity index is 571. The maximum atomic E-state index is 6.49. The third-order valence-corrected chi connectivity index (χ3v) is 4.45. The lowest BCUT2D eigenvalue weighted by molar-refractivity contribution is -0.00808. The summed E-state index contributed by atoms with van der Waals surface area (Å²) in [7, 11) is 3.36. The minimum Gasteiger partial charge on any atom is -0.497 e. The fourth-order valence-corrected chi connectivity index (χ4v) is 3.03. The first kappa shape index (κ1) is 16.8. The summed E-state index contributed by atoms with van der Waals surface area (Å²) in [6.07, 6.45) is 2.29. The van der Waals surface area contributed by atoms with E-state index in [4.69, 9.17) is 14.2 Å². The molecule has 2 aromatic carbocycles. The van der Waals surface area contributed by atoms with E-state index < -0.39 is 0 Å². The van der Waals surface area contributed by atoms with Gasteiger partial charge in [-0.25, -0.2) is 0 Å². The molecule has 1 saturated heterocycles. The molecule has 2 aromatic rings. The molecule has 1 heterocycles. The largest absolute Gasteiger partial charge is 0.497 e. The third kappa shape index (κ3) is 4.08. The first-order chi connectivity index (χ1) is 11.8. The van der Waals surface area contributed by atoms with Crippen LogP contribution >= 0.6 is 0 Å². The number of methoxy groups -OCH3 is 2. The molecule has 0 aromatic heterocycles. The van der Waals surface area contributed by atoms with E-state index in [-0.39, 0.29) is 12.2 Å². The highest BCUT2D eigenvalue weighted by Crippen LogP contribution is 2.31. The highest BCUT2D eigenvalue weighted by molar-refractivity contribution is 5.36. The Kier molecular flexibility index (Phi) is 5.72. The van der Waals surface area contributed by atoms with Crippen LogP contribution < -0.4 is 14.8 Å². The van der Waals surface area contributed by atoms with Gasteiger partial charge >= 0.3 is 0 Å². The van der Waals surface area contributed by atoms with Gasteiger partial charge in [0.2, 0.25) is 0 Å². The second-order valence-electron chi connectivity index (χ2n) is 6.01. The van der Waals surface area contributed by atoms with Crippen LogP contribution in [0.15, 0.2) is 48.5 Å². The zero-order valence-corrected chi connectivity index (χ0v) is 14.3. The minimum atomic E-state index is -0.0788. The summed E-state index contributed by atoms with van der Waals surface area (Å²) in [5.41, 5.74) is 2.28. The van der Waals surface area contributed by atoms with Gasteiger partial charge in [-0.1, -0.05) is 24.3 Å². The van der Waals surface area contributed by atoms with Crippen LogP contribution in [-0.2, 0) is 4.74 Å². The van der Waals surface area contributed by atoms with Crippen molar-refractivity contribution in [1.29, 1.82) is 0 Å². The van der Waals surface area contributed by atoms with Crippen LogP contribution in [0.25, 0.3) is 0 Å². The monoisotopic (exact) mass is 327 g/mol. The molecule has 0 bridgehead atoms. The van der Waals surface area contributed by atoms with Crippen molar-refractivity contribution >= 4 is 0 Å². The number of hydrogen-bond donors (Lipinski definition) is 1. The lowest BCUT2D eigenvalue weighted by Crippen LogP contribution is -2.33. The van der Waals surface area contributed by atoms with Gasteiger partial charge in [-0.05, 0) is 61.3 Å². The van der Waals surface area contributed by atoms with E-state index in [1.54, 1.807) is 14.2 Å². The van der Waals surface area contributed by atoms with E-state index in [1.807, 2.05) is 24.3 Å². The Labute approximate surface area is 143 Å². The van der Waals surface area contributed by atoms with Crippen molar-refractivity contribution in [1.82, 2.24) is 5.32 Å². The van der Waals surface area contributed by atoms with Crippen LogP contribution in [-0.4, -0.2) is 33.4 Å². The smallest absolute Gasteiger partial charge is 0.118 e. The number of rotatable bonds is 6. The fraction of sp³-hybridized carbons (Fsp3) is 0.400. The lowest BCUT2D eigenvalue weighted by Gasteiger charge is -2.29. The van der Waals surface area contributed by atoms with Gasteiger partial charge in [0, 0.05) is 0 Å².